The normalized spacial score (nSPS) is 18.8. The molecule has 6 heterocycles. The van der Waals surface area contributed by atoms with Crippen molar-refractivity contribution in [1.82, 2.24) is 35.0 Å². The zero-order chi connectivity index (χ0) is 46.6. The zero-order valence-corrected chi connectivity index (χ0v) is 38.2. The van der Waals surface area contributed by atoms with Crippen LogP contribution in [0.1, 0.15) is 71.5 Å². The fourth-order valence-corrected chi connectivity index (χ4v) is 9.49. The van der Waals surface area contributed by atoms with Crippen LogP contribution in [-0.4, -0.2) is 107 Å². The molecule has 346 valence electrons. The number of halogens is 1. The number of benzene rings is 3. The number of pyridine rings is 1. The van der Waals surface area contributed by atoms with Crippen molar-refractivity contribution >= 4 is 63.6 Å². The Labute approximate surface area is 393 Å². The van der Waals surface area contributed by atoms with Gasteiger partial charge in [-0.05, 0) is 117 Å². The quantitative estimate of drug-likeness (QED) is 0.111. The van der Waals surface area contributed by atoms with Gasteiger partial charge in [0.15, 0.2) is 18.2 Å². The number of likely N-dealkylation sites (tertiary alicyclic amines) is 1. The Morgan fingerprint density at radius 1 is 0.955 bits per heavy atom. The molecule has 4 amide bonds. The van der Waals surface area contributed by atoms with E-state index in [0.717, 1.165) is 74.1 Å². The number of aromatic nitrogens is 3. The predicted molar refractivity (Wildman–Crippen MR) is 254 cm³/mol. The molecule has 67 heavy (non-hydrogen) atoms. The molecule has 16 nitrogen and oxygen atoms in total. The van der Waals surface area contributed by atoms with E-state index in [0.29, 0.717) is 65.6 Å². The lowest BCUT2D eigenvalue weighted by Crippen LogP contribution is -2.52. The molecule has 9 rings (SSSR count). The molecular formula is C50H52ClN9O7. The van der Waals surface area contributed by atoms with Crippen molar-refractivity contribution in [3.8, 4) is 23.3 Å². The van der Waals surface area contributed by atoms with Crippen LogP contribution >= 0.6 is 11.6 Å². The molecule has 0 bridgehead atoms. The lowest BCUT2D eigenvalue weighted by Gasteiger charge is -2.33. The van der Waals surface area contributed by atoms with Crippen molar-refractivity contribution in [3.05, 3.63) is 111 Å². The van der Waals surface area contributed by atoms with Crippen molar-refractivity contribution in [2.45, 2.75) is 57.0 Å². The van der Waals surface area contributed by atoms with Gasteiger partial charge in [-0.15, -0.1) is 0 Å². The van der Waals surface area contributed by atoms with Gasteiger partial charge in [-0.1, -0.05) is 35.6 Å². The Morgan fingerprint density at radius 3 is 2.57 bits per heavy atom. The van der Waals surface area contributed by atoms with Crippen LogP contribution in [0.25, 0.3) is 10.9 Å². The Bertz CT molecular complexity index is 2850. The average molecular weight is 926 g/mol. The molecule has 0 spiro atoms. The summed E-state index contributed by atoms with van der Waals surface area (Å²) < 4.78 is 13.3. The van der Waals surface area contributed by atoms with Gasteiger partial charge in [-0.3, -0.25) is 34.2 Å². The summed E-state index contributed by atoms with van der Waals surface area (Å²) >= 11 is 6.59. The molecule has 2 unspecified atom stereocenters. The first-order valence-electron chi connectivity index (χ1n) is 22.7. The van der Waals surface area contributed by atoms with E-state index in [1.165, 1.54) is 17.2 Å². The van der Waals surface area contributed by atoms with E-state index in [1.807, 2.05) is 30.3 Å². The van der Waals surface area contributed by atoms with Crippen LogP contribution in [0.3, 0.4) is 0 Å². The third kappa shape index (κ3) is 10.2. The van der Waals surface area contributed by atoms with Gasteiger partial charge in [0.2, 0.25) is 17.8 Å². The number of carbonyl (C=O) groups excluding carboxylic acids is 4. The highest BCUT2D eigenvalue weighted by Gasteiger charge is 2.39. The van der Waals surface area contributed by atoms with E-state index < -0.39 is 11.9 Å². The van der Waals surface area contributed by atoms with Gasteiger partial charge in [-0.2, -0.15) is 4.98 Å². The summed E-state index contributed by atoms with van der Waals surface area (Å²) in [5.41, 5.74) is 4.67. The van der Waals surface area contributed by atoms with Gasteiger partial charge in [0.1, 0.15) is 16.8 Å². The molecule has 4 aliphatic rings. The summed E-state index contributed by atoms with van der Waals surface area (Å²) in [6.45, 7) is 4.77. The zero-order valence-electron chi connectivity index (χ0n) is 37.5. The number of carbonyl (C=O) groups is 4. The van der Waals surface area contributed by atoms with Gasteiger partial charge >= 0.3 is 0 Å². The molecule has 4 aliphatic heterocycles. The second kappa shape index (κ2) is 19.9. The maximum atomic E-state index is 13.0. The summed E-state index contributed by atoms with van der Waals surface area (Å²) in [6, 6.07) is 20.7. The molecule has 5 aromatic rings. The van der Waals surface area contributed by atoms with E-state index in [1.54, 1.807) is 30.3 Å². The van der Waals surface area contributed by atoms with Crippen LogP contribution in [0.15, 0.2) is 77.7 Å². The van der Waals surface area contributed by atoms with Crippen molar-refractivity contribution < 1.29 is 28.7 Å². The maximum Gasteiger partial charge on any atom is 0.293 e. The SMILES string of the molecule is CNC(=O)COc1cc2cc(Nc3nc(N4CCCC(COc5ccc(C6CCN(CC#Cc7ccc8c(c7)CN(C7CCC(=O)NC7=O)C8=O)CC6)cc5)C4)ncc3Cl)ccc2n(C)c1=O. The summed E-state index contributed by atoms with van der Waals surface area (Å²) in [5.74, 6) is 8.08. The summed E-state index contributed by atoms with van der Waals surface area (Å²) in [5, 5.41) is 9.26. The Balaban J connectivity index is 0.737. The predicted octanol–water partition coefficient (Wildman–Crippen LogP) is 5.14. The Kier molecular flexibility index (Phi) is 13.4. The number of amides is 4. The molecule has 2 atom stereocenters. The van der Waals surface area contributed by atoms with Crippen molar-refractivity contribution in [3.63, 3.8) is 0 Å². The Hall–Kier alpha value is -6.96. The van der Waals surface area contributed by atoms with Crippen molar-refractivity contribution in [2.75, 3.05) is 63.2 Å². The van der Waals surface area contributed by atoms with E-state index in [-0.39, 0.29) is 48.0 Å². The number of hydrogen-bond acceptors (Lipinski definition) is 12. The minimum absolute atomic E-state index is 0.0756. The third-order valence-corrected chi connectivity index (χ3v) is 13.4. The molecule has 3 aromatic carbocycles. The minimum Gasteiger partial charge on any atom is -0.493 e. The molecule has 17 heteroatoms. The lowest BCUT2D eigenvalue weighted by molar-refractivity contribution is -0.137. The molecule has 2 aromatic heterocycles. The number of rotatable bonds is 12. The first-order valence-corrected chi connectivity index (χ1v) is 23.1. The summed E-state index contributed by atoms with van der Waals surface area (Å²) in [4.78, 5) is 77.1. The largest absolute Gasteiger partial charge is 0.493 e. The van der Waals surface area contributed by atoms with Gasteiger partial charge < -0.3 is 34.5 Å². The van der Waals surface area contributed by atoms with Gasteiger partial charge in [-0.25, -0.2) is 4.98 Å². The molecular weight excluding hydrogens is 874 g/mol. The van der Waals surface area contributed by atoms with E-state index in [9.17, 15) is 24.0 Å². The average Bonchev–Trinajstić information content (AvgIpc) is 3.67. The standard InChI is InChI=1S/C50H52ClN9O7/c1-52-45(62)30-67-43-25-35-24-37(10-14-41(35)57(2)49(43)65)54-46-40(51)26-53-50(56-46)59-20-4-6-32(27-59)29-66-38-11-8-33(9-12-38)34-17-21-58(22-18-34)19-3-5-31-7-13-39-36(23-31)28-60(48(39)64)42-15-16-44(61)55-47(42)63/h7-14,23-26,32,34,42H,4,6,15-22,27-30H2,1-2H3,(H,52,62)(H,53,54,56)(H,55,61,63). The molecule has 3 fully saturated rings. The van der Waals surface area contributed by atoms with Gasteiger partial charge in [0.25, 0.3) is 17.4 Å². The number of ether oxygens (including phenoxy) is 2. The first-order chi connectivity index (χ1) is 32.5. The highest BCUT2D eigenvalue weighted by atomic mass is 35.5. The first kappa shape index (κ1) is 45.2. The van der Waals surface area contributed by atoms with Crippen LogP contribution in [0.5, 0.6) is 11.5 Å². The number of aryl methyl sites for hydroxylation is 1. The van der Waals surface area contributed by atoms with E-state index >= 15 is 0 Å². The lowest BCUT2D eigenvalue weighted by atomic mass is 9.89. The number of piperidine rings is 3. The number of fused-ring (bicyclic) bond motifs is 2. The summed E-state index contributed by atoms with van der Waals surface area (Å²) in [7, 11) is 3.17. The third-order valence-electron chi connectivity index (χ3n) is 13.1. The smallest absolute Gasteiger partial charge is 0.293 e. The Morgan fingerprint density at radius 2 is 1.78 bits per heavy atom. The minimum atomic E-state index is -0.630. The molecule has 3 N–H and O–H groups in total. The topological polar surface area (TPSA) is 180 Å². The fourth-order valence-electron chi connectivity index (χ4n) is 9.35. The summed E-state index contributed by atoms with van der Waals surface area (Å²) in [6.07, 6.45) is 6.27. The van der Waals surface area contributed by atoms with Gasteiger partial charge in [0, 0.05) is 68.3 Å². The second-order valence-electron chi connectivity index (χ2n) is 17.6. The van der Waals surface area contributed by atoms with Crippen LogP contribution in [-0.2, 0) is 28.0 Å². The molecule has 0 aliphatic carbocycles. The highest BCUT2D eigenvalue weighted by Crippen LogP contribution is 2.32. The van der Waals surface area contributed by atoms with Crippen LogP contribution < -0.4 is 35.9 Å². The van der Waals surface area contributed by atoms with Crippen LogP contribution in [0.4, 0.5) is 17.5 Å². The van der Waals surface area contributed by atoms with E-state index in [2.05, 4.69) is 66.8 Å². The van der Waals surface area contributed by atoms with Crippen LogP contribution in [0, 0.1) is 17.8 Å². The molecule has 3 saturated heterocycles. The monoisotopic (exact) mass is 925 g/mol. The highest BCUT2D eigenvalue weighted by molar-refractivity contribution is 6.33. The van der Waals surface area contributed by atoms with Crippen molar-refractivity contribution in [2.24, 2.45) is 13.0 Å². The van der Waals surface area contributed by atoms with Gasteiger partial charge in [0.05, 0.1) is 24.9 Å². The fraction of sp³-hybridized carbons (Fsp3) is 0.380. The molecule has 0 saturated carbocycles. The maximum absolute atomic E-state index is 13.0. The van der Waals surface area contributed by atoms with Crippen molar-refractivity contribution in [1.29, 1.82) is 0 Å². The number of nitrogens with zero attached hydrogens (tertiary/aromatic N) is 6. The van der Waals surface area contributed by atoms with E-state index in [4.69, 9.17) is 26.1 Å². The number of anilines is 3. The molecule has 0 radical (unpaired) electrons. The number of imide groups is 1. The second-order valence-corrected chi connectivity index (χ2v) is 18.0. The number of hydrogen-bond donors (Lipinski definition) is 3. The number of nitrogens with one attached hydrogen (secondary N) is 3. The number of likely N-dealkylation sites (N-methyl/N-ethyl adjacent to an activating group) is 1. The van der Waals surface area contributed by atoms with Crippen LogP contribution in [0.2, 0.25) is 5.02 Å².